The van der Waals surface area contributed by atoms with E-state index < -0.39 is 13.7 Å². The van der Waals surface area contributed by atoms with Gasteiger partial charge >= 0.3 is 7.82 Å². The largest absolute Gasteiger partial charge is 0.493 e. The molecule has 1 aromatic carbocycles. The van der Waals surface area contributed by atoms with E-state index >= 15 is 0 Å². The van der Waals surface area contributed by atoms with Gasteiger partial charge in [-0.25, -0.2) is 10.0 Å². The van der Waals surface area contributed by atoms with Gasteiger partial charge in [0.1, 0.15) is 0 Å². The Labute approximate surface area is 125 Å². The third-order valence-corrected chi connectivity index (χ3v) is 3.60. The Morgan fingerprint density at radius 1 is 1.29 bits per heavy atom. The van der Waals surface area contributed by atoms with Crippen LogP contribution in [-0.2, 0) is 24.9 Å². The lowest BCUT2D eigenvalue weighted by Crippen LogP contribution is -2.22. The monoisotopic (exact) mass is 315 g/mol. The van der Waals surface area contributed by atoms with Crippen molar-refractivity contribution in [2.45, 2.75) is 39.0 Å². The molecule has 21 heavy (non-hydrogen) atoms. The lowest BCUT2D eigenvalue weighted by Gasteiger charge is -2.12. The molecule has 1 amide bonds. The van der Waals surface area contributed by atoms with Gasteiger partial charge in [-0.1, -0.05) is 50.1 Å². The van der Waals surface area contributed by atoms with Crippen LogP contribution in [0.25, 0.3) is 0 Å². The lowest BCUT2D eigenvalue weighted by atomic mass is 10.2. The first-order chi connectivity index (χ1) is 10.0. The first-order valence-electron chi connectivity index (χ1n) is 7.02. The van der Waals surface area contributed by atoms with E-state index in [1.807, 2.05) is 42.7 Å². The van der Waals surface area contributed by atoms with E-state index in [-0.39, 0.29) is 13.0 Å². The summed E-state index contributed by atoms with van der Waals surface area (Å²) in [5.41, 5.74) is 2.94. The van der Waals surface area contributed by atoms with Gasteiger partial charge in [-0.2, -0.15) is 4.62 Å². The highest BCUT2D eigenvalue weighted by Crippen LogP contribution is 2.41. The van der Waals surface area contributed by atoms with Crippen LogP contribution in [0.15, 0.2) is 30.3 Å². The molecule has 0 aliphatic heterocycles. The molecule has 2 N–H and O–H groups in total. The molecule has 0 aromatic heterocycles. The number of phosphoric ester groups is 1. The Bertz CT molecular complexity index is 466. The summed E-state index contributed by atoms with van der Waals surface area (Å²) in [4.78, 5) is 20.7. The smallest absolute Gasteiger partial charge is 0.301 e. The van der Waals surface area contributed by atoms with Gasteiger partial charge in [0.2, 0.25) is 5.91 Å². The third kappa shape index (κ3) is 8.63. The molecule has 0 fully saturated rings. The highest BCUT2D eigenvalue weighted by molar-refractivity contribution is 7.47. The average molecular weight is 315 g/mol. The van der Waals surface area contributed by atoms with Crippen LogP contribution in [0.2, 0.25) is 0 Å². The van der Waals surface area contributed by atoms with E-state index in [2.05, 4.69) is 4.62 Å². The Kier molecular flexibility index (Phi) is 8.23. The third-order valence-electron chi connectivity index (χ3n) is 2.77. The zero-order valence-corrected chi connectivity index (χ0v) is 13.1. The SMILES string of the molecule is CCCCCC(=O)NOP(=O)(O)OCCc1ccccc1. The summed E-state index contributed by atoms with van der Waals surface area (Å²) in [7, 11) is -4.25. The summed E-state index contributed by atoms with van der Waals surface area (Å²) >= 11 is 0. The number of unbranched alkanes of at least 4 members (excludes halogenated alkanes) is 2. The number of amides is 1. The molecule has 6 nitrogen and oxygen atoms in total. The second kappa shape index (κ2) is 9.68. The number of phosphoric acid groups is 1. The van der Waals surface area contributed by atoms with Crippen molar-refractivity contribution >= 4 is 13.7 Å². The van der Waals surface area contributed by atoms with Crippen LogP contribution in [0, 0.1) is 0 Å². The number of rotatable bonds is 10. The molecule has 0 aliphatic carbocycles. The van der Waals surface area contributed by atoms with Crippen LogP contribution in [0.5, 0.6) is 0 Å². The Balaban J connectivity index is 2.21. The molecule has 0 heterocycles. The fourth-order valence-electron chi connectivity index (χ4n) is 1.65. The molecule has 1 rings (SSSR count). The van der Waals surface area contributed by atoms with E-state index in [0.29, 0.717) is 6.42 Å². The molecule has 1 unspecified atom stereocenters. The Hall–Kier alpha value is -1.20. The number of hydroxylamine groups is 1. The number of hydrogen-bond donors (Lipinski definition) is 2. The first-order valence-corrected chi connectivity index (χ1v) is 8.51. The molecule has 7 heteroatoms. The van der Waals surface area contributed by atoms with Crippen LogP contribution >= 0.6 is 7.82 Å². The van der Waals surface area contributed by atoms with Crippen LogP contribution < -0.4 is 5.48 Å². The lowest BCUT2D eigenvalue weighted by molar-refractivity contribution is -0.128. The van der Waals surface area contributed by atoms with Gasteiger partial charge in [0.15, 0.2) is 0 Å². The number of nitrogens with one attached hydrogen (secondary N) is 1. The van der Waals surface area contributed by atoms with Crippen LogP contribution in [-0.4, -0.2) is 17.4 Å². The van der Waals surface area contributed by atoms with Crippen molar-refractivity contribution in [3.63, 3.8) is 0 Å². The molecule has 0 radical (unpaired) electrons. The maximum absolute atomic E-state index is 11.5. The van der Waals surface area contributed by atoms with E-state index in [1.54, 1.807) is 0 Å². The topological polar surface area (TPSA) is 84.9 Å². The van der Waals surface area contributed by atoms with Crippen molar-refractivity contribution in [3.05, 3.63) is 35.9 Å². The summed E-state index contributed by atoms with van der Waals surface area (Å²) in [6.07, 6.45) is 3.39. The first kappa shape index (κ1) is 17.9. The van der Waals surface area contributed by atoms with Crippen molar-refractivity contribution < 1.29 is 23.4 Å². The van der Waals surface area contributed by atoms with E-state index in [4.69, 9.17) is 4.52 Å². The van der Waals surface area contributed by atoms with Crippen molar-refractivity contribution in [2.24, 2.45) is 0 Å². The fourth-order valence-corrected chi connectivity index (χ4v) is 2.24. The zero-order chi connectivity index (χ0) is 15.6. The van der Waals surface area contributed by atoms with Gasteiger partial charge in [-0.05, 0) is 18.4 Å². The highest BCUT2D eigenvalue weighted by atomic mass is 31.2. The number of hydrogen-bond acceptors (Lipinski definition) is 4. The van der Waals surface area contributed by atoms with Gasteiger partial charge in [0.05, 0.1) is 6.61 Å². The highest BCUT2D eigenvalue weighted by Gasteiger charge is 2.22. The van der Waals surface area contributed by atoms with E-state index in [0.717, 1.165) is 24.8 Å². The summed E-state index contributed by atoms with van der Waals surface area (Å²) in [6.45, 7) is 2.06. The quantitative estimate of drug-likeness (QED) is 0.394. The van der Waals surface area contributed by atoms with Crippen molar-refractivity contribution in [1.82, 2.24) is 5.48 Å². The molecule has 0 saturated carbocycles. The molecular formula is C14H22NO5P. The molecule has 0 aliphatic rings. The number of carbonyl (C=O) groups excluding carboxylic acids is 1. The number of carbonyl (C=O) groups is 1. The molecule has 1 atom stereocenters. The minimum atomic E-state index is -4.25. The van der Waals surface area contributed by atoms with Crippen molar-refractivity contribution in [2.75, 3.05) is 6.61 Å². The van der Waals surface area contributed by atoms with Crippen LogP contribution in [0.1, 0.15) is 38.2 Å². The molecular weight excluding hydrogens is 293 g/mol. The molecule has 0 bridgehead atoms. The predicted molar refractivity (Wildman–Crippen MR) is 79.3 cm³/mol. The summed E-state index contributed by atoms with van der Waals surface area (Å²) < 4.78 is 20.8. The van der Waals surface area contributed by atoms with E-state index in [9.17, 15) is 14.3 Å². The molecule has 1 aromatic rings. The maximum Gasteiger partial charge on any atom is 0.493 e. The van der Waals surface area contributed by atoms with Gasteiger partial charge in [-0.3, -0.25) is 9.32 Å². The van der Waals surface area contributed by atoms with Crippen molar-refractivity contribution in [3.8, 4) is 0 Å². The number of benzene rings is 1. The molecule has 0 saturated heterocycles. The molecule has 0 spiro atoms. The summed E-state index contributed by atoms with van der Waals surface area (Å²) in [6, 6.07) is 9.42. The maximum atomic E-state index is 11.5. The zero-order valence-electron chi connectivity index (χ0n) is 12.2. The Morgan fingerprint density at radius 3 is 2.67 bits per heavy atom. The van der Waals surface area contributed by atoms with Gasteiger partial charge < -0.3 is 4.89 Å². The minimum Gasteiger partial charge on any atom is -0.301 e. The van der Waals surface area contributed by atoms with Gasteiger partial charge in [-0.15, -0.1) is 0 Å². The predicted octanol–water partition coefficient (Wildman–Crippen LogP) is 2.97. The van der Waals surface area contributed by atoms with Gasteiger partial charge in [0, 0.05) is 6.42 Å². The standard InChI is InChI=1S/C14H22NO5P/c1-2-3-5-10-14(16)15-20-21(17,18)19-12-11-13-8-6-4-7-9-13/h4,6-9H,2-3,5,10-12H2,1H3,(H,15,16)(H,17,18). The normalized spacial score (nSPS) is 13.6. The Morgan fingerprint density at radius 2 is 2.00 bits per heavy atom. The van der Waals surface area contributed by atoms with Crippen LogP contribution in [0.3, 0.4) is 0 Å². The molecule has 118 valence electrons. The van der Waals surface area contributed by atoms with Crippen molar-refractivity contribution in [1.29, 1.82) is 0 Å². The average Bonchev–Trinajstić information content (AvgIpc) is 2.46. The van der Waals surface area contributed by atoms with Crippen LogP contribution in [0.4, 0.5) is 0 Å². The minimum absolute atomic E-state index is 0.0312. The second-order valence-corrected chi connectivity index (χ2v) is 5.99. The second-order valence-electron chi connectivity index (χ2n) is 4.61. The summed E-state index contributed by atoms with van der Waals surface area (Å²) in [5, 5.41) is 0. The fraction of sp³-hybridized carbons (Fsp3) is 0.500. The van der Waals surface area contributed by atoms with E-state index in [1.165, 1.54) is 0 Å². The van der Waals surface area contributed by atoms with Gasteiger partial charge in [0.25, 0.3) is 0 Å². The summed E-state index contributed by atoms with van der Waals surface area (Å²) in [5.74, 6) is -0.426.